The maximum Gasteiger partial charge on any atom is 0.161 e. The molecule has 4 heteroatoms. The standard InChI is InChI=1S/C21H29NO3/c1-4-24-21-14-18(15-22-11-6-12-23-3)9-10-20(21)25-16-19-8-5-7-17(2)13-19/h5,7-10,13-14,22H,4,6,11-12,15-16H2,1-3H3. The summed E-state index contributed by atoms with van der Waals surface area (Å²) in [5, 5.41) is 3.41. The van der Waals surface area contributed by atoms with Crippen LogP contribution < -0.4 is 14.8 Å². The summed E-state index contributed by atoms with van der Waals surface area (Å²) in [6.07, 6.45) is 1.01. The van der Waals surface area contributed by atoms with E-state index in [4.69, 9.17) is 14.2 Å². The summed E-state index contributed by atoms with van der Waals surface area (Å²) in [5.74, 6) is 1.58. The van der Waals surface area contributed by atoms with Gasteiger partial charge in [0.25, 0.3) is 0 Å². The summed E-state index contributed by atoms with van der Waals surface area (Å²) in [6, 6.07) is 14.5. The largest absolute Gasteiger partial charge is 0.490 e. The van der Waals surface area contributed by atoms with Gasteiger partial charge in [-0.2, -0.15) is 0 Å². The molecule has 136 valence electrons. The Kier molecular flexibility index (Phi) is 8.29. The van der Waals surface area contributed by atoms with Crippen LogP contribution in [0.3, 0.4) is 0 Å². The van der Waals surface area contributed by atoms with Gasteiger partial charge in [0.15, 0.2) is 11.5 Å². The molecule has 0 fully saturated rings. The molecule has 0 aliphatic rings. The number of aryl methyl sites for hydroxylation is 1. The van der Waals surface area contributed by atoms with Crippen molar-refractivity contribution >= 4 is 0 Å². The zero-order chi connectivity index (χ0) is 17.9. The van der Waals surface area contributed by atoms with E-state index >= 15 is 0 Å². The molecule has 2 aromatic carbocycles. The fraction of sp³-hybridized carbons (Fsp3) is 0.429. The Morgan fingerprint density at radius 3 is 2.60 bits per heavy atom. The van der Waals surface area contributed by atoms with Crippen LogP contribution in [0.5, 0.6) is 11.5 Å². The van der Waals surface area contributed by atoms with Crippen molar-refractivity contribution in [3.63, 3.8) is 0 Å². The minimum absolute atomic E-state index is 0.538. The van der Waals surface area contributed by atoms with E-state index in [1.165, 1.54) is 11.1 Å². The molecule has 0 bridgehead atoms. The average Bonchev–Trinajstić information content (AvgIpc) is 2.61. The number of methoxy groups -OCH3 is 1. The van der Waals surface area contributed by atoms with E-state index in [0.717, 1.165) is 43.2 Å². The summed E-state index contributed by atoms with van der Waals surface area (Å²) in [7, 11) is 1.73. The van der Waals surface area contributed by atoms with Crippen LogP contribution >= 0.6 is 0 Å². The quantitative estimate of drug-likeness (QED) is 0.624. The van der Waals surface area contributed by atoms with Crippen molar-refractivity contribution in [2.45, 2.75) is 33.4 Å². The molecule has 25 heavy (non-hydrogen) atoms. The predicted molar refractivity (Wildman–Crippen MR) is 101 cm³/mol. The summed E-state index contributed by atoms with van der Waals surface area (Å²) < 4.78 is 16.8. The van der Waals surface area contributed by atoms with Crippen molar-refractivity contribution in [3.05, 3.63) is 59.2 Å². The molecule has 0 saturated carbocycles. The van der Waals surface area contributed by atoms with Crippen LogP contribution in [0.1, 0.15) is 30.0 Å². The smallest absolute Gasteiger partial charge is 0.161 e. The Bertz CT molecular complexity index is 643. The summed E-state index contributed by atoms with van der Waals surface area (Å²) in [4.78, 5) is 0. The molecule has 0 aromatic heterocycles. The third-order valence-electron chi connectivity index (χ3n) is 3.82. The maximum absolute atomic E-state index is 5.98. The summed E-state index contributed by atoms with van der Waals surface area (Å²) in [6.45, 7) is 7.75. The van der Waals surface area contributed by atoms with E-state index in [1.54, 1.807) is 7.11 Å². The van der Waals surface area contributed by atoms with Gasteiger partial charge in [-0.05, 0) is 50.1 Å². The van der Waals surface area contributed by atoms with Crippen molar-refractivity contribution in [3.8, 4) is 11.5 Å². The summed E-state index contributed by atoms with van der Waals surface area (Å²) >= 11 is 0. The minimum Gasteiger partial charge on any atom is -0.490 e. The zero-order valence-electron chi connectivity index (χ0n) is 15.5. The molecule has 2 rings (SSSR count). The molecule has 0 amide bonds. The van der Waals surface area contributed by atoms with Crippen molar-refractivity contribution in [1.82, 2.24) is 5.32 Å². The highest BCUT2D eigenvalue weighted by molar-refractivity contribution is 5.43. The van der Waals surface area contributed by atoms with Gasteiger partial charge in [-0.25, -0.2) is 0 Å². The van der Waals surface area contributed by atoms with Crippen LogP contribution in [0.15, 0.2) is 42.5 Å². The first-order valence-corrected chi connectivity index (χ1v) is 8.86. The van der Waals surface area contributed by atoms with Crippen molar-refractivity contribution in [1.29, 1.82) is 0 Å². The number of ether oxygens (including phenoxy) is 3. The number of rotatable bonds is 11. The fourth-order valence-corrected chi connectivity index (χ4v) is 2.59. The van der Waals surface area contributed by atoms with Gasteiger partial charge in [-0.15, -0.1) is 0 Å². The van der Waals surface area contributed by atoms with E-state index in [-0.39, 0.29) is 0 Å². The Balaban J connectivity index is 1.95. The lowest BCUT2D eigenvalue weighted by Crippen LogP contribution is -2.16. The van der Waals surface area contributed by atoms with Gasteiger partial charge in [0, 0.05) is 20.3 Å². The van der Waals surface area contributed by atoms with Crippen LogP contribution in [-0.2, 0) is 17.9 Å². The topological polar surface area (TPSA) is 39.7 Å². The third kappa shape index (κ3) is 6.77. The lowest BCUT2D eigenvalue weighted by molar-refractivity contribution is 0.194. The minimum atomic E-state index is 0.538. The molecular formula is C21H29NO3. The van der Waals surface area contributed by atoms with Gasteiger partial charge in [0.2, 0.25) is 0 Å². The molecule has 0 heterocycles. The Morgan fingerprint density at radius 2 is 1.84 bits per heavy atom. The van der Waals surface area contributed by atoms with Gasteiger partial charge in [-0.3, -0.25) is 0 Å². The van der Waals surface area contributed by atoms with Gasteiger partial charge in [0.05, 0.1) is 6.61 Å². The predicted octanol–water partition coefficient (Wildman–Crippen LogP) is 4.10. The Morgan fingerprint density at radius 1 is 0.960 bits per heavy atom. The number of hydrogen-bond donors (Lipinski definition) is 1. The first-order chi connectivity index (χ1) is 12.2. The van der Waals surface area contributed by atoms with Crippen molar-refractivity contribution < 1.29 is 14.2 Å². The van der Waals surface area contributed by atoms with Gasteiger partial charge in [0.1, 0.15) is 6.61 Å². The number of hydrogen-bond acceptors (Lipinski definition) is 4. The third-order valence-corrected chi connectivity index (χ3v) is 3.82. The normalized spacial score (nSPS) is 10.7. The molecule has 0 spiro atoms. The highest BCUT2D eigenvalue weighted by Crippen LogP contribution is 2.29. The number of nitrogens with one attached hydrogen (secondary N) is 1. The van der Waals surface area contributed by atoms with Gasteiger partial charge < -0.3 is 19.5 Å². The van der Waals surface area contributed by atoms with Crippen LogP contribution in [0, 0.1) is 6.92 Å². The second kappa shape index (κ2) is 10.7. The molecule has 0 aliphatic carbocycles. The Hall–Kier alpha value is -2.04. The maximum atomic E-state index is 5.98. The zero-order valence-corrected chi connectivity index (χ0v) is 15.5. The molecular weight excluding hydrogens is 314 g/mol. The second-order valence-corrected chi connectivity index (χ2v) is 6.01. The van der Waals surface area contributed by atoms with Gasteiger partial charge in [-0.1, -0.05) is 35.9 Å². The van der Waals surface area contributed by atoms with E-state index in [2.05, 4.69) is 48.6 Å². The molecule has 0 aliphatic heterocycles. The van der Waals surface area contributed by atoms with Crippen LogP contribution in [-0.4, -0.2) is 26.9 Å². The van der Waals surface area contributed by atoms with E-state index in [1.807, 2.05) is 13.0 Å². The highest BCUT2D eigenvalue weighted by atomic mass is 16.5. The molecule has 2 aromatic rings. The van der Waals surface area contributed by atoms with Crippen LogP contribution in [0.4, 0.5) is 0 Å². The van der Waals surface area contributed by atoms with E-state index < -0.39 is 0 Å². The van der Waals surface area contributed by atoms with Crippen LogP contribution in [0.25, 0.3) is 0 Å². The first kappa shape index (κ1) is 19.3. The van der Waals surface area contributed by atoms with Crippen molar-refractivity contribution in [2.24, 2.45) is 0 Å². The number of benzene rings is 2. The fourth-order valence-electron chi connectivity index (χ4n) is 2.59. The molecule has 0 radical (unpaired) electrons. The molecule has 4 nitrogen and oxygen atoms in total. The first-order valence-electron chi connectivity index (χ1n) is 8.86. The second-order valence-electron chi connectivity index (χ2n) is 6.01. The molecule has 1 N–H and O–H groups in total. The summed E-state index contributed by atoms with van der Waals surface area (Å²) in [5.41, 5.74) is 3.58. The van der Waals surface area contributed by atoms with Gasteiger partial charge >= 0.3 is 0 Å². The van der Waals surface area contributed by atoms with E-state index in [9.17, 15) is 0 Å². The lowest BCUT2D eigenvalue weighted by Gasteiger charge is -2.14. The molecule has 0 saturated heterocycles. The monoisotopic (exact) mass is 343 g/mol. The van der Waals surface area contributed by atoms with Crippen molar-refractivity contribution in [2.75, 3.05) is 26.9 Å². The molecule has 0 atom stereocenters. The van der Waals surface area contributed by atoms with Crippen LogP contribution in [0.2, 0.25) is 0 Å². The Labute approximate surface area is 151 Å². The highest BCUT2D eigenvalue weighted by Gasteiger charge is 2.07. The van der Waals surface area contributed by atoms with E-state index in [0.29, 0.717) is 13.2 Å². The lowest BCUT2D eigenvalue weighted by atomic mass is 10.1. The molecule has 0 unspecified atom stereocenters. The SMILES string of the molecule is CCOc1cc(CNCCCOC)ccc1OCc1cccc(C)c1. The average molecular weight is 343 g/mol.